The van der Waals surface area contributed by atoms with Crippen molar-refractivity contribution in [1.29, 1.82) is 0 Å². The van der Waals surface area contributed by atoms with E-state index in [1.54, 1.807) is 18.2 Å². The van der Waals surface area contributed by atoms with Gasteiger partial charge in [-0.3, -0.25) is 4.79 Å². The monoisotopic (exact) mass is 537 g/mol. The van der Waals surface area contributed by atoms with Crippen molar-refractivity contribution < 1.29 is 40.0 Å². The first-order valence-corrected chi connectivity index (χ1v) is 17.6. The minimum Gasteiger partial charge on any atom is -0.542 e. The summed E-state index contributed by atoms with van der Waals surface area (Å²) in [6.07, 6.45) is -9.77. The molecule has 0 aliphatic heterocycles. The fourth-order valence-electron chi connectivity index (χ4n) is 3.04. The number of benzene rings is 2. The molecule has 0 atom stereocenters. The molecule has 0 aliphatic rings. The van der Waals surface area contributed by atoms with Crippen LogP contribution in [0.5, 0.6) is 11.5 Å². The number of nitrogens with one attached hydrogen (secondary N) is 1. The van der Waals surface area contributed by atoms with E-state index in [0.29, 0.717) is 23.6 Å². The molecule has 12 heteroatoms. The largest absolute Gasteiger partial charge is 0.542 e. The third-order valence-electron chi connectivity index (χ3n) is 4.39. The summed E-state index contributed by atoms with van der Waals surface area (Å²) in [5.74, 6) is 0.157. The summed E-state index contributed by atoms with van der Waals surface area (Å²) < 4.78 is 90.5. The smallest absolute Gasteiger partial charge is 0.416 e. The average molecular weight is 538 g/mol. The highest BCUT2D eigenvalue weighted by Gasteiger charge is 2.37. The average Bonchev–Trinajstić information content (AvgIpc) is 2.66. The standard InChI is InChI=1S/C23H29F6NO3Si2/c1-34(2,3)32-19-8-7-15(11-20(19)33-35(4,5)6)9-10-30-21(31)16-12-17(22(24,25)26)14-18(13-16)23(27,28)29/h7-8,11-14H,9-10H2,1-6H3,(H,30,31). The Hall–Kier alpha value is -2.48. The molecular formula is C23H29F6NO3Si2. The molecule has 0 bridgehead atoms. The Morgan fingerprint density at radius 1 is 0.771 bits per heavy atom. The van der Waals surface area contributed by atoms with Gasteiger partial charge in [0, 0.05) is 12.1 Å². The van der Waals surface area contributed by atoms with Gasteiger partial charge in [-0.2, -0.15) is 26.3 Å². The van der Waals surface area contributed by atoms with E-state index in [2.05, 4.69) is 5.32 Å². The van der Waals surface area contributed by atoms with Gasteiger partial charge in [0.2, 0.25) is 16.6 Å². The van der Waals surface area contributed by atoms with Gasteiger partial charge in [0.15, 0.2) is 0 Å². The van der Waals surface area contributed by atoms with Crippen molar-refractivity contribution in [1.82, 2.24) is 5.32 Å². The zero-order chi connectivity index (χ0) is 26.8. The number of hydrogen-bond donors (Lipinski definition) is 1. The molecule has 0 aliphatic carbocycles. The Labute approximate surface area is 202 Å². The summed E-state index contributed by atoms with van der Waals surface area (Å²) in [7, 11) is -3.90. The van der Waals surface area contributed by atoms with Gasteiger partial charge in [-0.15, -0.1) is 0 Å². The Morgan fingerprint density at radius 2 is 1.26 bits per heavy atom. The minimum absolute atomic E-state index is 0.00294. The van der Waals surface area contributed by atoms with Crippen molar-refractivity contribution in [2.24, 2.45) is 0 Å². The van der Waals surface area contributed by atoms with Crippen molar-refractivity contribution in [2.45, 2.75) is 58.1 Å². The molecule has 0 aromatic heterocycles. The van der Waals surface area contributed by atoms with E-state index in [1.807, 2.05) is 39.3 Å². The van der Waals surface area contributed by atoms with Crippen molar-refractivity contribution in [3.8, 4) is 11.5 Å². The van der Waals surface area contributed by atoms with Gasteiger partial charge in [0.05, 0.1) is 11.1 Å². The van der Waals surface area contributed by atoms with Crippen LogP contribution in [0.15, 0.2) is 36.4 Å². The predicted molar refractivity (Wildman–Crippen MR) is 127 cm³/mol. The van der Waals surface area contributed by atoms with Crippen LogP contribution in [0.4, 0.5) is 26.3 Å². The lowest BCUT2D eigenvalue weighted by atomic mass is 10.0. The molecule has 4 nitrogen and oxygen atoms in total. The Bertz CT molecular complexity index is 1020. The lowest BCUT2D eigenvalue weighted by Gasteiger charge is -2.26. The fraction of sp³-hybridized carbons (Fsp3) is 0.435. The van der Waals surface area contributed by atoms with Crippen molar-refractivity contribution in [3.63, 3.8) is 0 Å². The van der Waals surface area contributed by atoms with Gasteiger partial charge in [-0.1, -0.05) is 6.07 Å². The van der Waals surface area contributed by atoms with Crippen LogP contribution in [0.25, 0.3) is 0 Å². The van der Waals surface area contributed by atoms with E-state index in [4.69, 9.17) is 8.85 Å². The number of carbonyl (C=O) groups is 1. The first kappa shape index (κ1) is 28.8. The van der Waals surface area contributed by atoms with Gasteiger partial charge in [-0.05, 0) is 81.6 Å². The third-order valence-corrected chi connectivity index (χ3v) is 6.05. The normalized spacial score (nSPS) is 12.9. The zero-order valence-corrected chi connectivity index (χ0v) is 22.4. The third kappa shape index (κ3) is 9.24. The second-order valence-corrected chi connectivity index (χ2v) is 18.9. The van der Waals surface area contributed by atoms with Crippen molar-refractivity contribution in [3.05, 3.63) is 58.7 Å². The van der Waals surface area contributed by atoms with Crippen molar-refractivity contribution >= 4 is 22.5 Å². The second kappa shape index (κ2) is 10.3. The highest BCUT2D eigenvalue weighted by atomic mass is 28.4. The number of hydrogen-bond acceptors (Lipinski definition) is 3. The molecule has 2 rings (SSSR count). The topological polar surface area (TPSA) is 47.6 Å². The van der Waals surface area contributed by atoms with Gasteiger partial charge < -0.3 is 14.2 Å². The molecule has 1 amide bonds. The molecule has 0 radical (unpaired) electrons. The van der Waals surface area contributed by atoms with E-state index in [0.717, 1.165) is 5.56 Å². The van der Waals surface area contributed by atoms with Crippen LogP contribution in [0.3, 0.4) is 0 Å². The second-order valence-electron chi connectivity index (χ2n) is 10.0. The maximum Gasteiger partial charge on any atom is 0.416 e. The van der Waals surface area contributed by atoms with E-state index >= 15 is 0 Å². The van der Waals surface area contributed by atoms with Crippen LogP contribution in [0.1, 0.15) is 27.0 Å². The number of amides is 1. The van der Waals surface area contributed by atoms with Crippen molar-refractivity contribution in [2.75, 3.05) is 6.54 Å². The number of halogens is 6. The van der Waals surface area contributed by atoms with Crippen LogP contribution in [0, 0.1) is 0 Å². The quantitative estimate of drug-likeness (QED) is 0.288. The summed E-state index contributed by atoms with van der Waals surface area (Å²) in [4.78, 5) is 12.4. The number of carbonyl (C=O) groups excluding carboxylic acids is 1. The lowest BCUT2D eigenvalue weighted by molar-refractivity contribution is -0.143. The molecule has 0 heterocycles. The molecule has 2 aromatic rings. The van der Waals surface area contributed by atoms with Gasteiger partial charge in [0.1, 0.15) is 11.5 Å². The molecule has 0 spiro atoms. The molecule has 2 aromatic carbocycles. The van der Waals surface area contributed by atoms with Gasteiger partial charge in [0.25, 0.3) is 5.91 Å². The van der Waals surface area contributed by atoms with E-state index in [9.17, 15) is 31.1 Å². The Morgan fingerprint density at radius 3 is 1.71 bits per heavy atom. The summed E-state index contributed by atoms with van der Waals surface area (Å²) in [6.45, 7) is 12.1. The summed E-state index contributed by atoms with van der Waals surface area (Å²) in [5, 5.41) is 2.40. The van der Waals surface area contributed by atoms with Gasteiger partial charge in [-0.25, -0.2) is 0 Å². The lowest BCUT2D eigenvalue weighted by Crippen LogP contribution is -2.32. The van der Waals surface area contributed by atoms with Gasteiger partial charge >= 0.3 is 12.4 Å². The highest BCUT2D eigenvalue weighted by molar-refractivity contribution is 6.71. The maximum absolute atomic E-state index is 13.0. The van der Waals surface area contributed by atoms with Crippen LogP contribution >= 0.6 is 0 Å². The first-order chi connectivity index (χ1) is 15.7. The molecule has 1 N–H and O–H groups in total. The molecule has 0 saturated heterocycles. The first-order valence-electron chi connectivity index (χ1n) is 10.8. The number of rotatable bonds is 8. The molecule has 0 unspecified atom stereocenters. The summed E-state index contributed by atoms with van der Waals surface area (Å²) >= 11 is 0. The molecule has 194 valence electrons. The maximum atomic E-state index is 13.0. The molecule has 35 heavy (non-hydrogen) atoms. The minimum atomic E-state index is -5.03. The van der Waals surface area contributed by atoms with Crippen LogP contribution < -0.4 is 14.2 Å². The van der Waals surface area contributed by atoms with Crippen LogP contribution in [0.2, 0.25) is 39.3 Å². The molecule has 0 fully saturated rings. The van der Waals surface area contributed by atoms with E-state index < -0.39 is 51.6 Å². The Kier molecular flexibility index (Phi) is 8.42. The summed E-state index contributed by atoms with van der Waals surface area (Å²) in [6, 6.07) is 6.14. The van der Waals surface area contributed by atoms with E-state index in [-0.39, 0.29) is 19.0 Å². The highest BCUT2D eigenvalue weighted by Crippen LogP contribution is 2.36. The number of alkyl halides is 6. The predicted octanol–water partition coefficient (Wildman–Crippen LogP) is 7.12. The fourth-order valence-corrected chi connectivity index (χ4v) is 4.69. The van der Waals surface area contributed by atoms with E-state index in [1.165, 1.54) is 0 Å². The van der Waals surface area contributed by atoms with Crippen LogP contribution in [-0.2, 0) is 18.8 Å². The SMILES string of the molecule is C[Si](C)(C)Oc1ccc(CCNC(=O)c2cc(C(F)(F)F)cc(C(F)(F)F)c2)cc1O[Si](C)(C)C. The molecular weight excluding hydrogens is 508 g/mol. The zero-order valence-electron chi connectivity index (χ0n) is 20.4. The van der Waals surface area contributed by atoms with Crippen LogP contribution in [-0.4, -0.2) is 29.1 Å². The molecule has 0 saturated carbocycles. The Balaban J connectivity index is 2.19. The summed E-state index contributed by atoms with van der Waals surface area (Å²) in [5.41, 5.74) is -3.03.